The molecule has 2 aromatic rings. The summed E-state index contributed by atoms with van der Waals surface area (Å²) in [5.74, 6) is -0.413. The maximum absolute atomic E-state index is 13.5. The molecule has 0 radical (unpaired) electrons. The molecule has 0 bridgehead atoms. The zero-order valence-corrected chi connectivity index (χ0v) is 10.5. The fourth-order valence-electron chi connectivity index (χ4n) is 1.68. The van der Waals surface area contributed by atoms with E-state index in [-0.39, 0.29) is 23.6 Å². The molecule has 0 aliphatic rings. The van der Waals surface area contributed by atoms with E-state index in [0.29, 0.717) is 5.39 Å². The Morgan fingerprint density at radius 2 is 2.00 bits per heavy atom. The van der Waals surface area contributed by atoms with E-state index in [1.165, 1.54) is 13.2 Å². The first-order valence-electron chi connectivity index (χ1n) is 5.69. The van der Waals surface area contributed by atoms with Crippen molar-refractivity contribution in [2.75, 3.05) is 19.0 Å². The SMILES string of the molecule is COc1cc2c(NCCC(F)(F)F)ncnc2cc1F. The van der Waals surface area contributed by atoms with E-state index in [0.717, 1.165) is 12.4 Å². The fourth-order valence-corrected chi connectivity index (χ4v) is 1.68. The number of ether oxygens (including phenoxy) is 1. The second-order valence-corrected chi connectivity index (χ2v) is 4.02. The van der Waals surface area contributed by atoms with Crippen molar-refractivity contribution in [1.29, 1.82) is 0 Å². The normalized spacial score (nSPS) is 11.7. The molecule has 0 saturated carbocycles. The Balaban J connectivity index is 2.29. The van der Waals surface area contributed by atoms with Crippen molar-refractivity contribution < 1.29 is 22.3 Å². The molecule has 4 nitrogen and oxygen atoms in total. The third-order valence-corrected chi connectivity index (χ3v) is 2.61. The summed E-state index contributed by atoms with van der Waals surface area (Å²) in [6, 6.07) is 2.49. The average molecular weight is 289 g/mol. The number of anilines is 1. The number of nitrogens with zero attached hydrogens (tertiary/aromatic N) is 2. The minimum Gasteiger partial charge on any atom is -0.494 e. The highest BCUT2D eigenvalue weighted by Gasteiger charge is 2.26. The largest absolute Gasteiger partial charge is 0.494 e. The molecular formula is C12H11F4N3O. The van der Waals surface area contributed by atoms with Crippen LogP contribution in [0.5, 0.6) is 5.75 Å². The van der Waals surface area contributed by atoms with Crippen molar-refractivity contribution in [1.82, 2.24) is 9.97 Å². The van der Waals surface area contributed by atoms with E-state index in [9.17, 15) is 17.6 Å². The van der Waals surface area contributed by atoms with Crippen LogP contribution < -0.4 is 10.1 Å². The van der Waals surface area contributed by atoms with Crippen LogP contribution >= 0.6 is 0 Å². The van der Waals surface area contributed by atoms with Gasteiger partial charge in [-0.3, -0.25) is 0 Å². The van der Waals surface area contributed by atoms with E-state index in [2.05, 4.69) is 15.3 Å². The van der Waals surface area contributed by atoms with Gasteiger partial charge >= 0.3 is 6.18 Å². The lowest BCUT2D eigenvalue weighted by Crippen LogP contribution is -2.15. The molecule has 0 aliphatic carbocycles. The topological polar surface area (TPSA) is 47.0 Å². The van der Waals surface area contributed by atoms with Gasteiger partial charge in [-0.05, 0) is 6.07 Å². The zero-order valence-electron chi connectivity index (χ0n) is 10.5. The number of rotatable bonds is 4. The molecule has 0 fully saturated rings. The van der Waals surface area contributed by atoms with Crippen LogP contribution in [0.1, 0.15) is 6.42 Å². The summed E-state index contributed by atoms with van der Waals surface area (Å²) in [5, 5.41) is 2.96. The van der Waals surface area contributed by atoms with Crippen LogP contribution in [0.3, 0.4) is 0 Å². The van der Waals surface area contributed by atoms with Gasteiger partial charge in [0, 0.05) is 18.0 Å². The molecule has 0 aliphatic heterocycles. The molecule has 0 unspecified atom stereocenters. The van der Waals surface area contributed by atoms with Crippen molar-refractivity contribution in [3.05, 3.63) is 24.3 Å². The van der Waals surface area contributed by atoms with Gasteiger partial charge in [-0.1, -0.05) is 0 Å². The summed E-state index contributed by atoms with van der Waals surface area (Å²) in [6.45, 7) is -0.324. The monoisotopic (exact) mass is 289 g/mol. The number of aromatic nitrogens is 2. The number of hydrogen-bond acceptors (Lipinski definition) is 4. The highest BCUT2D eigenvalue weighted by atomic mass is 19.4. The molecule has 20 heavy (non-hydrogen) atoms. The van der Waals surface area contributed by atoms with Crippen LogP contribution in [-0.4, -0.2) is 29.8 Å². The number of methoxy groups -OCH3 is 1. The lowest BCUT2D eigenvalue weighted by molar-refractivity contribution is -0.131. The minimum atomic E-state index is -4.25. The predicted octanol–water partition coefficient (Wildman–Crippen LogP) is 3.14. The van der Waals surface area contributed by atoms with Gasteiger partial charge in [0.1, 0.15) is 12.1 Å². The van der Waals surface area contributed by atoms with Crippen molar-refractivity contribution in [3.8, 4) is 5.75 Å². The van der Waals surface area contributed by atoms with Crippen LogP contribution in [0.15, 0.2) is 18.5 Å². The molecule has 2 rings (SSSR count). The van der Waals surface area contributed by atoms with E-state index in [4.69, 9.17) is 4.74 Å². The van der Waals surface area contributed by atoms with E-state index in [1.807, 2.05) is 0 Å². The summed E-state index contributed by atoms with van der Waals surface area (Å²) >= 11 is 0. The number of benzene rings is 1. The second-order valence-electron chi connectivity index (χ2n) is 4.02. The molecule has 0 amide bonds. The lowest BCUT2D eigenvalue weighted by atomic mass is 10.2. The van der Waals surface area contributed by atoms with Crippen LogP contribution in [0.2, 0.25) is 0 Å². The molecule has 1 heterocycles. The molecular weight excluding hydrogens is 278 g/mol. The molecule has 0 atom stereocenters. The molecule has 1 aromatic heterocycles. The Kier molecular flexibility index (Phi) is 3.91. The van der Waals surface area contributed by atoms with Crippen LogP contribution in [-0.2, 0) is 0 Å². The first kappa shape index (κ1) is 14.3. The quantitative estimate of drug-likeness (QED) is 0.878. The van der Waals surface area contributed by atoms with E-state index >= 15 is 0 Å². The number of fused-ring (bicyclic) bond motifs is 1. The second kappa shape index (κ2) is 5.48. The van der Waals surface area contributed by atoms with Gasteiger partial charge in [0.05, 0.1) is 19.0 Å². The molecule has 1 N–H and O–H groups in total. The highest BCUT2D eigenvalue weighted by Crippen LogP contribution is 2.27. The molecule has 108 valence electrons. The maximum Gasteiger partial charge on any atom is 0.390 e. The Bertz CT molecular complexity index is 615. The lowest BCUT2D eigenvalue weighted by Gasteiger charge is -2.11. The summed E-state index contributed by atoms with van der Waals surface area (Å²) in [7, 11) is 1.30. The highest BCUT2D eigenvalue weighted by molar-refractivity contribution is 5.90. The molecule has 8 heteroatoms. The van der Waals surface area contributed by atoms with Crippen molar-refractivity contribution in [2.45, 2.75) is 12.6 Å². The van der Waals surface area contributed by atoms with Gasteiger partial charge in [0.25, 0.3) is 0 Å². The van der Waals surface area contributed by atoms with Gasteiger partial charge in [-0.25, -0.2) is 14.4 Å². The van der Waals surface area contributed by atoms with Gasteiger partial charge in [-0.2, -0.15) is 13.2 Å². The Labute approximate surface area is 111 Å². The van der Waals surface area contributed by atoms with Gasteiger partial charge in [0.15, 0.2) is 11.6 Å². The van der Waals surface area contributed by atoms with Crippen LogP contribution in [0.4, 0.5) is 23.4 Å². The Morgan fingerprint density at radius 1 is 1.25 bits per heavy atom. The summed E-state index contributed by atoms with van der Waals surface area (Å²) in [4.78, 5) is 7.73. The van der Waals surface area contributed by atoms with E-state index in [1.54, 1.807) is 0 Å². The van der Waals surface area contributed by atoms with Crippen molar-refractivity contribution in [3.63, 3.8) is 0 Å². The molecule has 0 spiro atoms. The average Bonchev–Trinajstić information content (AvgIpc) is 2.36. The first-order valence-corrected chi connectivity index (χ1v) is 5.69. The van der Waals surface area contributed by atoms with Crippen LogP contribution in [0, 0.1) is 5.82 Å². The van der Waals surface area contributed by atoms with Crippen molar-refractivity contribution in [2.24, 2.45) is 0 Å². The summed E-state index contributed by atoms with van der Waals surface area (Å²) in [5.41, 5.74) is 0.285. The predicted molar refractivity (Wildman–Crippen MR) is 65.2 cm³/mol. The van der Waals surface area contributed by atoms with Gasteiger partial charge < -0.3 is 10.1 Å². The third kappa shape index (κ3) is 3.25. The minimum absolute atomic E-state index is 0.0221. The molecule has 1 aromatic carbocycles. The smallest absolute Gasteiger partial charge is 0.390 e. The standard InChI is InChI=1S/C12H11F4N3O/c1-20-10-4-7-9(5-8(10)13)18-6-19-11(7)17-3-2-12(14,15)16/h4-6H,2-3H2,1H3,(H,17,18,19). The number of hydrogen-bond donors (Lipinski definition) is 1. The third-order valence-electron chi connectivity index (χ3n) is 2.61. The Hall–Kier alpha value is -2.12. The summed E-state index contributed by atoms with van der Waals surface area (Å²) in [6.07, 6.45) is -4.08. The fraction of sp³-hybridized carbons (Fsp3) is 0.333. The summed E-state index contributed by atoms with van der Waals surface area (Å²) < 4.78 is 54.6. The Morgan fingerprint density at radius 3 is 2.65 bits per heavy atom. The number of halogens is 4. The first-order chi connectivity index (χ1) is 9.40. The zero-order chi connectivity index (χ0) is 14.8. The number of alkyl halides is 3. The van der Waals surface area contributed by atoms with Crippen LogP contribution in [0.25, 0.3) is 10.9 Å². The van der Waals surface area contributed by atoms with Crippen molar-refractivity contribution >= 4 is 16.7 Å². The maximum atomic E-state index is 13.5. The van der Waals surface area contributed by atoms with E-state index < -0.39 is 18.4 Å². The van der Waals surface area contributed by atoms with Gasteiger partial charge in [0.2, 0.25) is 0 Å². The number of nitrogens with one attached hydrogen (secondary N) is 1. The van der Waals surface area contributed by atoms with Gasteiger partial charge in [-0.15, -0.1) is 0 Å². The molecule has 0 saturated heterocycles.